The summed E-state index contributed by atoms with van der Waals surface area (Å²) in [5, 5.41) is 0. The monoisotopic (exact) mass is 235 g/mol. The van der Waals surface area contributed by atoms with Crippen LogP contribution >= 0.6 is 0 Å². The molecular weight excluding hydrogens is 216 g/mol. The van der Waals surface area contributed by atoms with Crippen LogP contribution in [0.15, 0.2) is 9.59 Å². The Morgan fingerprint density at radius 2 is 1.88 bits per heavy atom. The summed E-state index contributed by atoms with van der Waals surface area (Å²) in [6, 6.07) is 0.0150. The van der Waals surface area contributed by atoms with Gasteiger partial charge in [0.25, 0.3) is 5.56 Å². The van der Waals surface area contributed by atoms with E-state index < -0.39 is 5.69 Å². The first-order valence-electron chi connectivity index (χ1n) is 7.03. The van der Waals surface area contributed by atoms with Crippen molar-refractivity contribution in [2.45, 2.75) is 57.4 Å². The van der Waals surface area contributed by atoms with Gasteiger partial charge in [0.1, 0.15) is 0 Å². The van der Waals surface area contributed by atoms with E-state index in [1.54, 1.807) is 0 Å². The number of aromatic nitrogens is 2. The Bertz CT molecular complexity index is 582. The molecule has 0 aromatic carbocycles. The van der Waals surface area contributed by atoms with Gasteiger partial charge in [-0.05, 0) is 32.1 Å². The number of hydrogen-bond donors (Lipinski definition) is 1. The van der Waals surface area contributed by atoms with Gasteiger partial charge < -0.3 is 4.98 Å². The van der Waals surface area contributed by atoms with Gasteiger partial charge in [-0.3, -0.25) is 9.36 Å². The molecule has 0 unspecified atom stereocenters. The van der Waals surface area contributed by atoms with Crippen molar-refractivity contribution in [1.82, 2.24) is 9.54 Å². The van der Waals surface area contributed by atoms with E-state index in [1.807, 2.05) is 0 Å². The van der Waals surface area contributed by atoms with E-state index in [1.165, 1.54) is 11.0 Å². The second kappa shape index (κ2) is 4.17. The largest absolute Gasteiger partial charge is 0.328 e. The fourth-order valence-electron chi connectivity index (χ4n) is 3.14. The Balaban J connectivity index is 2.17. The van der Waals surface area contributed by atoms with Gasteiger partial charge in [0.2, 0.25) is 0 Å². The van der Waals surface area contributed by atoms with Crippen molar-refractivity contribution < 1.29 is 1.41 Å². The van der Waals surface area contributed by atoms with Crippen molar-refractivity contribution in [3.05, 3.63) is 32.1 Å². The molecule has 0 aliphatic heterocycles. The number of fused-ring (bicyclic) bond motifs is 1. The van der Waals surface area contributed by atoms with Crippen LogP contribution in [-0.4, -0.2) is 9.54 Å². The van der Waals surface area contributed by atoms with E-state index in [0.717, 1.165) is 43.5 Å². The van der Waals surface area contributed by atoms with Crippen molar-refractivity contribution >= 4 is 0 Å². The van der Waals surface area contributed by atoms with Crippen molar-refractivity contribution in [3.63, 3.8) is 0 Å². The Labute approximate surface area is 101 Å². The van der Waals surface area contributed by atoms with Gasteiger partial charge in [0, 0.05) is 17.3 Å². The van der Waals surface area contributed by atoms with E-state index in [0.29, 0.717) is 17.7 Å². The highest BCUT2D eigenvalue weighted by molar-refractivity contribution is 5.22. The Morgan fingerprint density at radius 3 is 2.65 bits per heavy atom. The van der Waals surface area contributed by atoms with Crippen LogP contribution in [-0.2, 0) is 12.8 Å². The molecule has 0 atom stereocenters. The summed E-state index contributed by atoms with van der Waals surface area (Å²) in [6.07, 6.45) is 7.43. The summed E-state index contributed by atoms with van der Waals surface area (Å²) < 4.78 is 9.23. The quantitative estimate of drug-likeness (QED) is 0.802. The second-order valence-electron chi connectivity index (χ2n) is 5.14. The zero-order valence-corrected chi connectivity index (χ0v) is 9.95. The minimum Gasteiger partial charge on any atom is -0.311 e. The number of hydrogen-bond acceptors (Lipinski definition) is 2. The van der Waals surface area contributed by atoms with Crippen molar-refractivity contribution in [2.24, 2.45) is 0 Å². The first kappa shape index (κ1) is 9.68. The summed E-state index contributed by atoms with van der Waals surface area (Å²) in [5.41, 5.74) is 0.780. The molecule has 1 aromatic rings. The first-order valence-corrected chi connectivity index (χ1v) is 6.58. The van der Waals surface area contributed by atoms with E-state index in [4.69, 9.17) is 1.41 Å². The lowest BCUT2D eigenvalue weighted by Crippen LogP contribution is -2.40. The fraction of sp³-hybridized carbons (Fsp3) is 0.692. The van der Waals surface area contributed by atoms with Gasteiger partial charge in [-0.15, -0.1) is 0 Å². The third-order valence-corrected chi connectivity index (χ3v) is 4.04. The molecule has 92 valence electrons. The molecule has 0 saturated heterocycles. The summed E-state index contributed by atoms with van der Waals surface area (Å²) in [4.78, 5) is 25.5. The minimum atomic E-state index is -0.437. The number of aromatic amines is 1. The lowest BCUT2D eigenvalue weighted by molar-refractivity contribution is 0.335. The predicted octanol–water partition coefficient (Wildman–Crippen LogP) is 1.53. The SMILES string of the molecule is [2H]n1c2c(c(=O)n(C3CCCCC3)c1=O)CCC2. The minimum absolute atomic E-state index is 0.0150. The van der Waals surface area contributed by atoms with Gasteiger partial charge in [0.15, 0.2) is 1.41 Å². The molecule has 0 radical (unpaired) electrons. The smallest absolute Gasteiger partial charge is 0.311 e. The number of H-pyrrole nitrogens is 1. The zero-order chi connectivity index (χ0) is 12.7. The average Bonchev–Trinajstić information content (AvgIpc) is 2.87. The van der Waals surface area contributed by atoms with Gasteiger partial charge in [-0.1, -0.05) is 19.3 Å². The van der Waals surface area contributed by atoms with Crippen LogP contribution in [0.3, 0.4) is 0 Å². The van der Waals surface area contributed by atoms with Gasteiger partial charge >= 0.3 is 5.69 Å². The predicted molar refractivity (Wildman–Crippen MR) is 65.5 cm³/mol. The summed E-state index contributed by atoms with van der Waals surface area (Å²) in [6.45, 7) is 0. The molecule has 1 fully saturated rings. The third kappa shape index (κ3) is 1.75. The van der Waals surface area contributed by atoms with Gasteiger partial charge in [-0.25, -0.2) is 4.79 Å². The van der Waals surface area contributed by atoms with Crippen LogP contribution in [0.5, 0.6) is 0 Å². The zero-order valence-electron chi connectivity index (χ0n) is 10.9. The highest BCUT2D eigenvalue weighted by Crippen LogP contribution is 2.26. The van der Waals surface area contributed by atoms with Crippen LogP contribution in [0.2, 0.25) is 1.41 Å². The van der Waals surface area contributed by atoms with Crippen LogP contribution < -0.4 is 11.2 Å². The maximum Gasteiger partial charge on any atom is 0.328 e. The number of nitrogens with zero attached hydrogens (tertiary/aromatic N) is 1. The van der Waals surface area contributed by atoms with Crippen molar-refractivity contribution in [2.75, 3.05) is 0 Å². The molecule has 1 N–H and O–H groups in total. The third-order valence-electron chi connectivity index (χ3n) is 4.04. The molecule has 3 rings (SSSR count). The molecule has 4 nitrogen and oxygen atoms in total. The maximum atomic E-state index is 12.4. The van der Waals surface area contributed by atoms with Crippen LogP contribution in [0.1, 0.15) is 55.8 Å². The average molecular weight is 235 g/mol. The second-order valence-corrected chi connectivity index (χ2v) is 5.14. The molecule has 17 heavy (non-hydrogen) atoms. The van der Waals surface area contributed by atoms with E-state index >= 15 is 0 Å². The Morgan fingerprint density at radius 1 is 1.12 bits per heavy atom. The van der Waals surface area contributed by atoms with Crippen molar-refractivity contribution in [3.8, 4) is 0 Å². The summed E-state index contributed by atoms with van der Waals surface area (Å²) >= 11 is 0. The maximum absolute atomic E-state index is 12.4. The lowest BCUT2D eigenvalue weighted by Gasteiger charge is -2.23. The molecule has 0 bridgehead atoms. The lowest BCUT2D eigenvalue weighted by atomic mass is 9.95. The molecule has 0 spiro atoms. The highest BCUT2D eigenvalue weighted by Gasteiger charge is 2.23. The summed E-state index contributed by atoms with van der Waals surface area (Å²) in [5.74, 6) is 0. The Hall–Kier alpha value is -1.32. The van der Waals surface area contributed by atoms with Crippen LogP contribution in [0.25, 0.3) is 0 Å². The Kier molecular flexibility index (Phi) is 2.37. The number of nitrogens with one attached hydrogen (secondary N) is 1. The van der Waals surface area contributed by atoms with Gasteiger partial charge in [0.05, 0.1) is 0 Å². The van der Waals surface area contributed by atoms with Crippen LogP contribution in [0.4, 0.5) is 0 Å². The number of rotatable bonds is 1. The molecule has 4 heteroatoms. The molecule has 0 amide bonds. The van der Waals surface area contributed by atoms with E-state index in [9.17, 15) is 9.59 Å². The fourth-order valence-corrected chi connectivity index (χ4v) is 3.14. The van der Waals surface area contributed by atoms with E-state index in [-0.39, 0.29) is 11.6 Å². The van der Waals surface area contributed by atoms with Gasteiger partial charge in [-0.2, -0.15) is 0 Å². The standard InChI is InChI=1S/C13H18N2O2/c16-12-10-7-4-8-11(10)14-13(17)15(12)9-5-2-1-3-6-9/h9H,1-8H2,(H,14,17)/i/hD. The molecular formula is C13H18N2O2. The first-order chi connectivity index (χ1) is 8.70. The summed E-state index contributed by atoms with van der Waals surface area (Å²) in [7, 11) is 0. The van der Waals surface area contributed by atoms with Crippen LogP contribution in [0, 0.1) is 0 Å². The topological polar surface area (TPSA) is 54.9 Å². The highest BCUT2D eigenvalue weighted by atomic mass is 16.2. The normalized spacial score (nSPS) is 21.3. The molecule has 2 aliphatic carbocycles. The molecule has 1 saturated carbocycles. The molecule has 1 heterocycles. The molecule has 2 aliphatic rings. The van der Waals surface area contributed by atoms with E-state index in [2.05, 4.69) is 0 Å². The van der Waals surface area contributed by atoms with Crippen molar-refractivity contribution in [1.29, 1.82) is 0 Å². The molecule has 1 aromatic heterocycles.